The smallest absolute Gasteiger partial charge is 0.258 e. The van der Waals surface area contributed by atoms with E-state index in [0.29, 0.717) is 0 Å². The number of aryl methyl sites for hydroxylation is 2. The van der Waals surface area contributed by atoms with E-state index in [9.17, 15) is 4.79 Å². The van der Waals surface area contributed by atoms with Crippen LogP contribution in [-0.4, -0.2) is 38.3 Å². The number of nitrogens with zero attached hydrogens (tertiary/aromatic N) is 4. The van der Waals surface area contributed by atoms with Crippen LogP contribution in [0.1, 0.15) is 75.0 Å². The Morgan fingerprint density at radius 3 is 2.60 bits per heavy atom. The highest BCUT2D eigenvalue weighted by atomic mass is 16.1. The van der Waals surface area contributed by atoms with Crippen molar-refractivity contribution in [1.29, 1.82) is 0 Å². The number of quaternary nitrogens is 1. The molecule has 30 heavy (non-hydrogen) atoms. The number of tetrazole rings is 1. The molecule has 160 valence electrons. The van der Waals surface area contributed by atoms with Crippen LogP contribution in [-0.2, 0) is 5.54 Å². The van der Waals surface area contributed by atoms with E-state index in [2.05, 4.69) is 66.4 Å². The maximum Gasteiger partial charge on any atom is 0.258 e. The topological polar surface area (TPSA) is 80.9 Å². The van der Waals surface area contributed by atoms with Gasteiger partial charge in [-0.1, -0.05) is 18.6 Å². The minimum Gasteiger partial charge on any atom is -0.322 e. The predicted molar refractivity (Wildman–Crippen MR) is 118 cm³/mol. The lowest BCUT2D eigenvalue weighted by atomic mass is 9.97. The van der Waals surface area contributed by atoms with Gasteiger partial charge in [0.25, 0.3) is 5.56 Å². The number of benzene rings is 1. The van der Waals surface area contributed by atoms with Gasteiger partial charge in [-0.05, 0) is 86.9 Å². The largest absolute Gasteiger partial charge is 0.322 e. The number of nitrogens with one attached hydrogen (secondary N) is 2. The third-order valence-electron chi connectivity index (χ3n) is 6.73. The summed E-state index contributed by atoms with van der Waals surface area (Å²) in [6, 6.07) is 6.14. The first-order valence-electron chi connectivity index (χ1n) is 11.1. The number of pyridine rings is 1. The van der Waals surface area contributed by atoms with Gasteiger partial charge in [0.1, 0.15) is 0 Å². The van der Waals surface area contributed by atoms with Crippen molar-refractivity contribution in [3.63, 3.8) is 0 Å². The molecule has 0 bridgehead atoms. The fourth-order valence-corrected chi connectivity index (χ4v) is 4.71. The molecule has 0 radical (unpaired) electrons. The standard InChI is InChI=1S/C23H32N6O/c1-6-23(4,5)29-21(25-26-27-29)20(28-10-8-7-9-11-28)18-14-17-13-15(2)12-16(3)19(17)24-22(18)30/h12-14,20H,6-11H2,1-5H3,(H,24,30)/p+1/t20-/m0/s1. The molecular weight excluding hydrogens is 376 g/mol. The Balaban J connectivity index is 1.93. The fraction of sp³-hybridized carbons (Fsp3) is 0.565. The quantitative estimate of drug-likeness (QED) is 0.678. The molecule has 7 nitrogen and oxygen atoms in total. The van der Waals surface area contributed by atoms with Crippen LogP contribution in [0.3, 0.4) is 0 Å². The lowest BCUT2D eigenvalue weighted by Gasteiger charge is -2.33. The average molecular weight is 410 g/mol. The van der Waals surface area contributed by atoms with Gasteiger partial charge in [0, 0.05) is 0 Å². The fourth-order valence-electron chi connectivity index (χ4n) is 4.71. The monoisotopic (exact) mass is 409 g/mol. The van der Waals surface area contributed by atoms with Gasteiger partial charge in [-0.25, -0.2) is 4.68 Å². The number of H-pyrrole nitrogens is 1. The average Bonchev–Trinajstić information content (AvgIpc) is 3.20. The van der Waals surface area contributed by atoms with Gasteiger partial charge in [0.15, 0.2) is 6.04 Å². The molecular formula is C23H33N6O+. The van der Waals surface area contributed by atoms with Gasteiger partial charge in [0.05, 0.1) is 29.7 Å². The third-order valence-corrected chi connectivity index (χ3v) is 6.73. The van der Waals surface area contributed by atoms with E-state index in [1.165, 1.54) is 16.9 Å². The molecule has 1 aliphatic rings. The zero-order valence-electron chi connectivity index (χ0n) is 18.7. The Morgan fingerprint density at radius 2 is 1.90 bits per heavy atom. The molecule has 0 amide bonds. The molecule has 1 aromatic carbocycles. The predicted octanol–water partition coefficient (Wildman–Crippen LogP) is 2.43. The van der Waals surface area contributed by atoms with E-state index < -0.39 is 0 Å². The molecule has 1 saturated heterocycles. The number of rotatable bonds is 5. The Bertz CT molecular complexity index is 1110. The maximum absolute atomic E-state index is 13.3. The molecule has 0 unspecified atom stereocenters. The van der Waals surface area contributed by atoms with Crippen molar-refractivity contribution in [2.24, 2.45) is 0 Å². The summed E-state index contributed by atoms with van der Waals surface area (Å²) in [6.07, 6.45) is 4.47. The highest BCUT2D eigenvalue weighted by Crippen LogP contribution is 2.26. The van der Waals surface area contributed by atoms with Crippen molar-refractivity contribution in [2.45, 2.75) is 71.9 Å². The number of hydrogen-bond acceptors (Lipinski definition) is 4. The first kappa shape index (κ1) is 20.7. The second-order valence-electron chi connectivity index (χ2n) is 9.37. The van der Waals surface area contributed by atoms with Gasteiger partial charge in [-0.2, -0.15) is 0 Å². The molecule has 1 atom stereocenters. The number of fused-ring (bicyclic) bond motifs is 1. The van der Waals surface area contributed by atoms with Crippen LogP contribution in [0.2, 0.25) is 0 Å². The van der Waals surface area contributed by atoms with E-state index in [1.807, 2.05) is 11.6 Å². The molecule has 0 spiro atoms. The molecule has 0 saturated carbocycles. The van der Waals surface area contributed by atoms with Crippen LogP contribution in [0.4, 0.5) is 0 Å². The lowest BCUT2D eigenvalue weighted by molar-refractivity contribution is -0.931. The van der Waals surface area contributed by atoms with Crippen LogP contribution in [0.25, 0.3) is 10.9 Å². The lowest BCUT2D eigenvalue weighted by Crippen LogP contribution is -3.13. The van der Waals surface area contributed by atoms with Crippen LogP contribution < -0.4 is 10.5 Å². The molecule has 1 aliphatic heterocycles. The van der Waals surface area contributed by atoms with E-state index >= 15 is 0 Å². The van der Waals surface area contributed by atoms with Crippen LogP contribution in [0.15, 0.2) is 23.0 Å². The summed E-state index contributed by atoms with van der Waals surface area (Å²) in [5.41, 5.74) is 3.69. The zero-order valence-corrected chi connectivity index (χ0v) is 18.7. The second-order valence-corrected chi connectivity index (χ2v) is 9.37. The van der Waals surface area contributed by atoms with Gasteiger partial charge in [-0.15, -0.1) is 5.10 Å². The summed E-state index contributed by atoms with van der Waals surface area (Å²) < 4.78 is 1.93. The Kier molecular flexibility index (Phi) is 5.49. The molecule has 7 heteroatoms. The van der Waals surface area contributed by atoms with Crippen molar-refractivity contribution in [2.75, 3.05) is 13.1 Å². The van der Waals surface area contributed by atoms with Crippen LogP contribution in [0, 0.1) is 13.8 Å². The Hall–Kier alpha value is -2.54. The first-order chi connectivity index (χ1) is 14.3. The number of hydrogen-bond donors (Lipinski definition) is 2. The molecule has 0 aliphatic carbocycles. The molecule has 3 heterocycles. The number of aromatic amines is 1. The summed E-state index contributed by atoms with van der Waals surface area (Å²) in [5.74, 6) is 0.785. The SMILES string of the molecule is CCC(C)(C)n1nnnc1[C@H](c1cc2cc(C)cc(C)c2[nH]c1=O)[NH+]1CCCCC1. The highest BCUT2D eigenvalue weighted by Gasteiger charge is 2.37. The summed E-state index contributed by atoms with van der Waals surface area (Å²) >= 11 is 0. The second kappa shape index (κ2) is 7.95. The summed E-state index contributed by atoms with van der Waals surface area (Å²) in [7, 11) is 0. The van der Waals surface area contributed by atoms with Gasteiger partial charge in [-0.3, -0.25) is 4.79 Å². The first-order valence-corrected chi connectivity index (χ1v) is 11.1. The van der Waals surface area contributed by atoms with Crippen LogP contribution in [0.5, 0.6) is 0 Å². The molecule has 2 aromatic heterocycles. The number of piperidine rings is 1. The number of likely N-dealkylation sites (tertiary alicyclic amines) is 1. The molecule has 4 rings (SSSR count). The minimum absolute atomic E-state index is 0.0404. The normalized spacial score (nSPS) is 16.8. The van der Waals surface area contributed by atoms with Gasteiger partial charge >= 0.3 is 0 Å². The number of aromatic nitrogens is 5. The van der Waals surface area contributed by atoms with Crippen molar-refractivity contribution in [1.82, 2.24) is 25.2 Å². The Morgan fingerprint density at radius 1 is 1.17 bits per heavy atom. The van der Waals surface area contributed by atoms with Crippen LogP contribution >= 0.6 is 0 Å². The van der Waals surface area contributed by atoms with Crippen molar-refractivity contribution in [3.05, 3.63) is 51.1 Å². The summed E-state index contributed by atoms with van der Waals surface area (Å²) in [4.78, 5) is 17.9. The molecule has 2 N–H and O–H groups in total. The minimum atomic E-state index is -0.219. The highest BCUT2D eigenvalue weighted by molar-refractivity contribution is 5.83. The van der Waals surface area contributed by atoms with E-state index in [4.69, 9.17) is 0 Å². The maximum atomic E-state index is 13.3. The van der Waals surface area contributed by atoms with Gasteiger partial charge in [0.2, 0.25) is 5.82 Å². The van der Waals surface area contributed by atoms with Crippen molar-refractivity contribution in [3.8, 4) is 0 Å². The van der Waals surface area contributed by atoms with Crippen molar-refractivity contribution >= 4 is 10.9 Å². The van der Waals surface area contributed by atoms with E-state index in [-0.39, 0.29) is 17.1 Å². The summed E-state index contributed by atoms with van der Waals surface area (Å²) in [5, 5.41) is 13.9. The molecule has 1 fully saturated rings. The summed E-state index contributed by atoms with van der Waals surface area (Å²) in [6.45, 7) is 12.6. The van der Waals surface area contributed by atoms with E-state index in [0.717, 1.165) is 60.2 Å². The van der Waals surface area contributed by atoms with E-state index in [1.54, 1.807) is 0 Å². The zero-order chi connectivity index (χ0) is 21.5. The Labute approximate surface area is 177 Å². The van der Waals surface area contributed by atoms with Crippen molar-refractivity contribution < 1.29 is 4.90 Å². The molecule has 3 aromatic rings. The third kappa shape index (κ3) is 3.67. The van der Waals surface area contributed by atoms with Gasteiger partial charge < -0.3 is 9.88 Å².